The standard InChI is InChI=1S/C20H32N4O2/c1-4-21-20(25)24-13-11-18-16(14-24)8-9-19(22-18)26-15(2)10-12-23(3)17-6-5-7-17/h8-9,15,17H,4-7,10-14H2,1-3H3,(H,21,25). The number of amides is 2. The SMILES string of the molecule is CCNC(=O)N1CCc2nc(OC(C)CCN(C)C3CCC3)ccc2C1. The molecule has 0 bridgehead atoms. The van der Waals surface area contributed by atoms with Gasteiger partial charge in [-0.15, -0.1) is 0 Å². The van der Waals surface area contributed by atoms with Gasteiger partial charge in [-0.3, -0.25) is 0 Å². The number of aromatic nitrogens is 1. The van der Waals surface area contributed by atoms with Crippen molar-refractivity contribution in [1.82, 2.24) is 20.1 Å². The number of fused-ring (bicyclic) bond motifs is 1. The third-order valence-corrected chi connectivity index (χ3v) is 5.55. The molecule has 1 aliphatic heterocycles. The molecule has 2 amide bonds. The van der Waals surface area contributed by atoms with Crippen LogP contribution >= 0.6 is 0 Å². The van der Waals surface area contributed by atoms with Crippen LogP contribution in [0.1, 0.15) is 50.8 Å². The fourth-order valence-corrected chi connectivity index (χ4v) is 3.56. The van der Waals surface area contributed by atoms with E-state index < -0.39 is 0 Å². The molecule has 1 N–H and O–H groups in total. The third-order valence-electron chi connectivity index (χ3n) is 5.55. The molecular weight excluding hydrogens is 328 g/mol. The summed E-state index contributed by atoms with van der Waals surface area (Å²) in [4.78, 5) is 21.0. The molecule has 1 fully saturated rings. The zero-order valence-corrected chi connectivity index (χ0v) is 16.3. The second-order valence-corrected chi connectivity index (χ2v) is 7.54. The quantitative estimate of drug-likeness (QED) is 0.812. The van der Waals surface area contributed by atoms with Crippen LogP contribution in [0.3, 0.4) is 0 Å². The fraction of sp³-hybridized carbons (Fsp3) is 0.700. The lowest BCUT2D eigenvalue weighted by Gasteiger charge is -2.35. The molecule has 2 heterocycles. The van der Waals surface area contributed by atoms with Gasteiger partial charge in [-0.05, 0) is 45.7 Å². The Morgan fingerprint density at radius 1 is 1.46 bits per heavy atom. The minimum atomic E-state index is 0.00248. The number of ether oxygens (including phenoxy) is 1. The van der Waals surface area contributed by atoms with Crippen molar-refractivity contribution >= 4 is 6.03 Å². The lowest BCUT2D eigenvalue weighted by molar-refractivity contribution is 0.127. The predicted molar refractivity (Wildman–Crippen MR) is 102 cm³/mol. The summed E-state index contributed by atoms with van der Waals surface area (Å²) >= 11 is 0. The molecule has 2 aliphatic rings. The van der Waals surface area contributed by atoms with Crippen LogP contribution < -0.4 is 10.1 Å². The molecule has 1 aromatic rings. The highest BCUT2D eigenvalue weighted by atomic mass is 16.5. The van der Waals surface area contributed by atoms with Crippen LogP contribution in [0.15, 0.2) is 12.1 Å². The highest BCUT2D eigenvalue weighted by Gasteiger charge is 2.23. The van der Waals surface area contributed by atoms with Gasteiger partial charge in [-0.25, -0.2) is 9.78 Å². The molecule has 1 aliphatic carbocycles. The molecule has 1 aromatic heterocycles. The maximum absolute atomic E-state index is 12.0. The minimum absolute atomic E-state index is 0.00248. The second-order valence-electron chi connectivity index (χ2n) is 7.54. The number of carbonyl (C=O) groups is 1. The van der Waals surface area contributed by atoms with Gasteiger partial charge in [0.05, 0.1) is 11.8 Å². The van der Waals surface area contributed by atoms with Crippen molar-refractivity contribution in [3.05, 3.63) is 23.4 Å². The molecule has 0 saturated heterocycles. The van der Waals surface area contributed by atoms with Crippen LogP contribution in [0, 0.1) is 0 Å². The Bertz CT molecular complexity index is 618. The first-order valence-corrected chi connectivity index (χ1v) is 9.95. The van der Waals surface area contributed by atoms with Crippen LogP contribution in [-0.2, 0) is 13.0 Å². The van der Waals surface area contributed by atoms with Gasteiger partial charge in [0.25, 0.3) is 0 Å². The normalized spacial score (nSPS) is 18.2. The molecule has 0 radical (unpaired) electrons. The molecule has 6 heteroatoms. The number of hydrogen-bond acceptors (Lipinski definition) is 4. The van der Waals surface area contributed by atoms with E-state index >= 15 is 0 Å². The maximum atomic E-state index is 12.0. The Labute approximate surface area is 156 Å². The molecule has 1 atom stereocenters. The Balaban J connectivity index is 1.50. The van der Waals surface area contributed by atoms with Crippen LogP contribution in [0.4, 0.5) is 4.79 Å². The van der Waals surface area contributed by atoms with Crippen LogP contribution in [0.5, 0.6) is 5.88 Å². The van der Waals surface area contributed by atoms with Crippen molar-refractivity contribution < 1.29 is 9.53 Å². The van der Waals surface area contributed by atoms with Crippen molar-refractivity contribution in [3.63, 3.8) is 0 Å². The first-order chi connectivity index (χ1) is 12.6. The van der Waals surface area contributed by atoms with Crippen LogP contribution in [0.25, 0.3) is 0 Å². The molecule has 6 nitrogen and oxygen atoms in total. The molecule has 3 rings (SSSR count). The highest BCUT2D eigenvalue weighted by Crippen LogP contribution is 2.24. The molecule has 0 spiro atoms. The number of rotatable bonds is 7. The van der Waals surface area contributed by atoms with E-state index in [1.54, 1.807) is 0 Å². The van der Waals surface area contributed by atoms with E-state index in [4.69, 9.17) is 4.74 Å². The summed E-state index contributed by atoms with van der Waals surface area (Å²) in [5.74, 6) is 0.703. The van der Waals surface area contributed by atoms with Gasteiger partial charge in [-0.2, -0.15) is 0 Å². The summed E-state index contributed by atoms with van der Waals surface area (Å²) in [6.07, 6.45) is 5.99. The summed E-state index contributed by atoms with van der Waals surface area (Å²) in [7, 11) is 2.22. The summed E-state index contributed by atoms with van der Waals surface area (Å²) in [5, 5.41) is 2.86. The maximum Gasteiger partial charge on any atom is 0.317 e. The Kier molecular flexibility index (Phi) is 6.35. The zero-order chi connectivity index (χ0) is 18.5. The Morgan fingerprint density at radius 2 is 2.27 bits per heavy atom. The van der Waals surface area contributed by atoms with Crippen molar-refractivity contribution in [1.29, 1.82) is 0 Å². The lowest BCUT2D eigenvalue weighted by atomic mass is 9.92. The Morgan fingerprint density at radius 3 is 2.96 bits per heavy atom. The van der Waals surface area contributed by atoms with E-state index in [1.807, 2.05) is 17.9 Å². The number of pyridine rings is 1. The van der Waals surface area contributed by atoms with Gasteiger partial charge in [0.1, 0.15) is 0 Å². The number of carbonyl (C=O) groups excluding carboxylic acids is 1. The number of nitrogens with one attached hydrogen (secondary N) is 1. The largest absolute Gasteiger partial charge is 0.475 e. The zero-order valence-electron chi connectivity index (χ0n) is 16.3. The number of hydrogen-bond donors (Lipinski definition) is 1. The van der Waals surface area contributed by atoms with Gasteiger partial charge in [0.15, 0.2) is 0 Å². The summed E-state index contributed by atoms with van der Waals surface area (Å²) in [6, 6.07) is 4.77. The summed E-state index contributed by atoms with van der Waals surface area (Å²) < 4.78 is 6.04. The topological polar surface area (TPSA) is 57.7 Å². The lowest BCUT2D eigenvalue weighted by Crippen LogP contribution is -2.42. The summed E-state index contributed by atoms with van der Waals surface area (Å²) in [5.41, 5.74) is 2.18. The van der Waals surface area contributed by atoms with Gasteiger partial charge in [-0.1, -0.05) is 12.5 Å². The third kappa shape index (κ3) is 4.67. The molecule has 144 valence electrons. The van der Waals surface area contributed by atoms with Gasteiger partial charge >= 0.3 is 6.03 Å². The van der Waals surface area contributed by atoms with E-state index in [9.17, 15) is 4.79 Å². The smallest absolute Gasteiger partial charge is 0.317 e. The molecule has 26 heavy (non-hydrogen) atoms. The van der Waals surface area contributed by atoms with Gasteiger partial charge < -0.3 is 19.9 Å². The van der Waals surface area contributed by atoms with E-state index in [1.165, 1.54) is 19.3 Å². The second kappa shape index (κ2) is 8.71. The molecule has 1 saturated carbocycles. The Hall–Kier alpha value is -1.82. The van der Waals surface area contributed by atoms with Crippen molar-refractivity contribution in [2.24, 2.45) is 0 Å². The van der Waals surface area contributed by atoms with E-state index in [0.29, 0.717) is 25.5 Å². The van der Waals surface area contributed by atoms with E-state index in [2.05, 4.69) is 35.2 Å². The van der Waals surface area contributed by atoms with Crippen molar-refractivity contribution in [2.75, 3.05) is 26.7 Å². The first-order valence-electron chi connectivity index (χ1n) is 9.95. The number of nitrogens with zero attached hydrogens (tertiary/aromatic N) is 3. The minimum Gasteiger partial charge on any atom is -0.475 e. The number of urea groups is 1. The molecule has 0 aromatic carbocycles. The average molecular weight is 361 g/mol. The monoisotopic (exact) mass is 360 g/mol. The van der Waals surface area contributed by atoms with Crippen LogP contribution in [0.2, 0.25) is 0 Å². The molecule has 1 unspecified atom stereocenters. The van der Waals surface area contributed by atoms with E-state index in [-0.39, 0.29) is 12.1 Å². The first kappa shape index (κ1) is 19.0. The average Bonchev–Trinajstić information content (AvgIpc) is 2.58. The highest BCUT2D eigenvalue weighted by molar-refractivity contribution is 5.74. The fourth-order valence-electron chi connectivity index (χ4n) is 3.56. The summed E-state index contributed by atoms with van der Waals surface area (Å²) in [6.45, 7) is 7.10. The van der Waals surface area contributed by atoms with E-state index in [0.717, 1.165) is 36.7 Å². The van der Waals surface area contributed by atoms with Crippen molar-refractivity contribution in [2.45, 2.75) is 64.6 Å². The van der Waals surface area contributed by atoms with Gasteiger partial charge in [0.2, 0.25) is 5.88 Å². The van der Waals surface area contributed by atoms with Crippen molar-refractivity contribution in [3.8, 4) is 5.88 Å². The van der Waals surface area contributed by atoms with Gasteiger partial charge in [0, 0.05) is 44.7 Å². The molecular formula is C20H32N4O2. The van der Waals surface area contributed by atoms with Crippen LogP contribution in [-0.4, -0.2) is 59.6 Å². The predicted octanol–water partition coefficient (Wildman–Crippen LogP) is 2.81.